The monoisotopic (exact) mass is 287 g/mol. The van der Waals surface area contributed by atoms with E-state index in [0.717, 1.165) is 29.7 Å². The van der Waals surface area contributed by atoms with Crippen LogP contribution in [-0.4, -0.2) is 15.7 Å². The highest BCUT2D eigenvalue weighted by atomic mass is 16.1. The molecule has 0 radical (unpaired) electrons. The Hall–Kier alpha value is -1.32. The van der Waals surface area contributed by atoms with E-state index in [0.29, 0.717) is 12.0 Å². The van der Waals surface area contributed by atoms with Gasteiger partial charge in [-0.2, -0.15) is 5.10 Å². The van der Waals surface area contributed by atoms with Crippen LogP contribution in [0.15, 0.2) is 12.4 Å². The first-order valence-electron chi connectivity index (χ1n) is 8.34. The Morgan fingerprint density at radius 3 is 2.43 bits per heavy atom. The maximum Gasteiger partial charge on any atom is 0.220 e. The second-order valence-corrected chi connectivity index (χ2v) is 7.89. The van der Waals surface area contributed by atoms with E-state index in [4.69, 9.17) is 0 Å². The van der Waals surface area contributed by atoms with Crippen LogP contribution in [0, 0.1) is 23.2 Å². The molecule has 0 saturated heterocycles. The topological polar surface area (TPSA) is 46.9 Å². The van der Waals surface area contributed by atoms with Crippen LogP contribution in [-0.2, 0) is 18.4 Å². The van der Waals surface area contributed by atoms with Gasteiger partial charge in [-0.3, -0.25) is 9.48 Å². The molecule has 4 nitrogen and oxygen atoms in total. The number of aromatic nitrogens is 2. The largest absolute Gasteiger partial charge is 0.352 e. The molecule has 0 aromatic carbocycles. The van der Waals surface area contributed by atoms with E-state index >= 15 is 0 Å². The molecule has 4 heteroatoms. The van der Waals surface area contributed by atoms with Crippen LogP contribution in [0.5, 0.6) is 0 Å². The van der Waals surface area contributed by atoms with Crippen molar-refractivity contribution in [3.63, 3.8) is 0 Å². The number of rotatable bonds is 4. The van der Waals surface area contributed by atoms with Gasteiger partial charge in [0.05, 0.1) is 6.20 Å². The lowest BCUT2D eigenvalue weighted by atomic mass is 9.49. The Morgan fingerprint density at radius 2 is 1.90 bits per heavy atom. The summed E-state index contributed by atoms with van der Waals surface area (Å²) in [6.45, 7) is 0.610. The van der Waals surface area contributed by atoms with Crippen LogP contribution in [0.25, 0.3) is 0 Å². The number of carbonyl (C=O) groups is 1. The van der Waals surface area contributed by atoms with E-state index in [2.05, 4.69) is 10.4 Å². The van der Waals surface area contributed by atoms with Gasteiger partial charge in [0.15, 0.2) is 0 Å². The number of nitrogens with one attached hydrogen (secondary N) is 1. The Balaban J connectivity index is 1.36. The lowest BCUT2D eigenvalue weighted by Gasteiger charge is -2.56. The molecule has 4 aliphatic carbocycles. The minimum atomic E-state index is 0.237. The molecule has 4 fully saturated rings. The molecule has 1 amide bonds. The molecule has 21 heavy (non-hydrogen) atoms. The second kappa shape index (κ2) is 4.85. The molecule has 1 aromatic heterocycles. The van der Waals surface area contributed by atoms with Crippen LogP contribution in [0.2, 0.25) is 0 Å². The number of nitrogens with zero attached hydrogens (tertiary/aromatic N) is 2. The van der Waals surface area contributed by atoms with Crippen molar-refractivity contribution in [1.82, 2.24) is 15.1 Å². The summed E-state index contributed by atoms with van der Waals surface area (Å²) < 4.78 is 1.78. The first kappa shape index (κ1) is 13.4. The van der Waals surface area contributed by atoms with Crippen molar-refractivity contribution in [1.29, 1.82) is 0 Å². The Labute approximate surface area is 126 Å². The van der Waals surface area contributed by atoms with Gasteiger partial charge >= 0.3 is 0 Å². The Kier molecular flexibility index (Phi) is 3.09. The molecule has 1 aromatic rings. The summed E-state index contributed by atoms with van der Waals surface area (Å²) >= 11 is 0. The van der Waals surface area contributed by atoms with Crippen molar-refractivity contribution in [3.05, 3.63) is 18.0 Å². The second-order valence-electron chi connectivity index (χ2n) is 7.89. The molecule has 1 heterocycles. The number of hydrogen-bond donors (Lipinski definition) is 1. The zero-order valence-corrected chi connectivity index (χ0v) is 12.8. The van der Waals surface area contributed by atoms with Gasteiger partial charge in [-0.25, -0.2) is 0 Å². The molecule has 1 N–H and O–H groups in total. The third kappa shape index (κ3) is 2.60. The highest BCUT2D eigenvalue weighted by Crippen LogP contribution is 2.61. The lowest BCUT2D eigenvalue weighted by Crippen LogP contribution is -2.47. The third-order valence-electron chi connectivity index (χ3n) is 5.95. The standard InChI is InChI=1S/C17H25N3O/c1-20-11-15(10-19-20)9-18-16(21)8-17-5-12-2-13(6-17)4-14(3-12)7-17/h10-14H,2-9H2,1H3,(H,18,21). The Morgan fingerprint density at radius 1 is 1.29 bits per heavy atom. The van der Waals surface area contributed by atoms with Gasteiger partial charge < -0.3 is 5.32 Å². The smallest absolute Gasteiger partial charge is 0.220 e. The van der Waals surface area contributed by atoms with Crippen molar-refractivity contribution in [2.75, 3.05) is 0 Å². The maximum atomic E-state index is 12.4. The van der Waals surface area contributed by atoms with Crippen molar-refractivity contribution >= 4 is 5.91 Å². The van der Waals surface area contributed by atoms with Gasteiger partial charge in [0, 0.05) is 31.8 Å². The average Bonchev–Trinajstić information content (AvgIpc) is 2.80. The number of carbonyl (C=O) groups excluding carboxylic acids is 1. The molecule has 5 rings (SSSR count). The van der Waals surface area contributed by atoms with Crippen LogP contribution >= 0.6 is 0 Å². The zero-order chi connectivity index (χ0) is 14.4. The summed E-state index contributed by atoms with van der Waals surface area (Å²) in [7, 11) is 1.90. The maximum absolute atomic E-state index is 12.4. The third-order valence-corrected chi connectivity index (χ3v) is 5.95. The average molecular weight is 287 g/mol. The number of hydrogen-bond acceptors (Lipinski definition) is 2. The fourth-order valence-electron chi connectivity index (χ4n) is 5.67. The summed E-state index contributed by atoms with van der Waals surface area (Å²) in [5.41, 5.74) is 1.42. The van der Waals surface area contributed by atoms with E-state index in [1.165, 1.54) is 38.5 Å². The molecule has 4 bridgehead atoms. The van der Waals surface area contributed by atoms with Crippen molar-refractivity contribution in [2.24, 2.45) is 30.2 Å². The summed E-state index contributed by atoms with van der Waals surface area (Å²) in [5.74, 6) is 2.99. The fourth-order valence-corrected chi connectivity index (χ4v) is 5.67. The van der Waals surface area contributed by atoms with E-state index in [-0.39, 0.29) is 5.91 Å². The summed E-state index contributed by atoms with van der Waals surface area (Å²) in [6.07, 6.45) is 12.8. The van der Waals surface area contributed by atoms with E-state index in [1.807, 2.05) is 19.4 Å². The van der Waals surface area contributed by atoms with E-state index in [1.54, 1.807) is 4.68 Å². The molecule has 0 aliphatic heterocycles. The first-order chi connectivity index (χ1) is 10.1. The molecular weight excluding hydrogens is 262 g/mol. The normalized spacial score (nSPS) is 36.9. The van der Waals surface area contributed by atoms with Gasteiger partial charge in [-0.15, -0.1) is 0 Å². The number of amides is 1. The van der Waals surface area contributed by atoms with Gasteiger partial charge in [-0.05, 0) is 61.7 Å². The van der Waals surface area contributed by atoms with Crippen molar-refractivity contribution < 1.29 is 4.79 Å². The van der Waals surface area contributed by atoms with Crippen molar-refractivity contribution in [2.45, 2.75) is 51.5 Å². The highest BCUT2D eigenvalue weighted by molar-refractivity contribution is 5.76. The predicted octanol–water partition coefficient (Wildman–Crippen LogP) is 2.64. The molecule has 4 aliphatic rings. The van der Waals surface area contributed by atoms with E-state index < -0.39 is 0 Å². The number of aryl methyl sites for hydroxylation is 1. The van der Waals surface area contributed by atoms with Crippen molar-refractivity contribution in [3.8, 4) is 0 Å². The summed E-state index contributed by atoms with van der Waals surface area (Å²) in [5, 5.41) is 7.24. The zero-order valence-electron chi connectivity index (χ0n) is 12.8. The molecular formula is C17H25N3O. The predicted molar refractivity (Wildman–Crippen MR) is 80.3 cm³/mol. The fraction of sp³-hybridized carbons (Fsp3) is 0.765. The first-order valence-corrected chi connectivity index (χ1v) is 8.34. The van der Waals surface area contributed by atoms with Gasteiger partial charge in [0.2, 0.25) is 5.91 Å². The molecule has 0 unspecified atom stereocenters. The summed E-state index contributed by atoms with van der Waals surface area (Å²) in [6, 6.07) is 0. The van der Waals surface area contributed by atoms with Gasteiger partial charge in [0.1, 0.15) is 0 Å². The minimum Gasteiger partial charge on any atom is -0.352 e. The van der Waals surface area contributed by atoms with Crippen LogP contribution in [0.1, 0.15) is 50.5 Å². The van der Waals surface area contributed by atoms with Crippen LogP contribution < -0.4 is 5.32 Å². The molecule has 4 saturated carbocycles. The van der Waals surface area contributed by atoms with Gasteiger partial charge in [-0.1, -0.05) is 0 Å². The molecule has 0 spiro atoms. The quantitative estimate of drug-likeness (QED) is 0.925. The van der Waals surface area contributed by atoms with Crippen LogP contribution in [0.3, 0.4) is 0 Å². The lowest BCUT2D eigenvalue weighted by molar-refractivity contribution is -0.129. The van der Waals surface area contributed by atoms with E-state index in [9.17, 15) is 4.79 Å². The van der Waals surface area contributed by atoms with Gasteiger partial charge in [0.25, 0.3) is 0 Å². The van der Waals surface area contributed by atoms with Crippen LogP contribution in [0.4, 0.5) is 0 Å². The highest BCUT2D eigenvalue weighted by Gasteiger charge is 2.51. The summed E-state index contributed by atoms with van der Waals surface area (Å²) in [4.78, 5) is 12.4. The molecule has 114 valence electrons. The SMILES string of the molecule is Cn1cc(CNC(=O)CC23CC4CC(CC(C4)C2)C3)cn1. The Bertz CT molecular complexity index is 513. The minimum absolute atomic E-state index is 0.237. The molecule has 0 atom stereocenters.